The number of aromatic nitrogens is 3. The van der Waals surface area contributed by atoms with Crippen molar-refractivity contribution in [2.24, 2.45) is 10.2 Å². The lowest BCUT2D eigenvalue weighted by molar-refractivity contribution is 0.102. The van der Waals surface area contributed by atoms with Gasteiger partial charge in [0, 0.05) is 11.9 Å². The molecule has 0 aliphatic heterocycles. The molecular formula is C26H17N7O2. The fourth-order valence-electron chi connectivity index (χ4n) is 3.61. The molecule has 0 spiro atoms. The summed E-state index contributed by atoms with van der Waals surface area (Å²) >= 11 is 0. The van der Waals surface area contributed by atoms with Crippen molar-refractivity contribution in [1.82, 2.24) is 14.8 Å². The number of phenolic OH excluding ortho intramolecular Hbond substituents is 1. The molecule has 168 valence electrons. The molecule has 1 amide bonds. The maximum Gasteiger partial charge on any atom is 0.260 e. The molecule has 0 bridgehead atoms. The van der Waals surface area contributed by atoms with Gasteiger partial charge in [-0.25, -0.2) is 4.98 Å². The summed E-state index contributed by atoms with van der Waals surface area (Å²) in [7, 11) is 0. The van der Waals surface area contributed by atoms with Crippen molar-refractivity contribution in [1.29, 1.82) is 5.26 Å². The van der Waals surface area contributed by atoms with E-state index in [1.807, 2.05) is 24.3 Å². The average molecular weight is 459 g/mol. The zero-order valence-electron chi connectivity index (χ0n) is 18.2. The predicted molar refractivity (Wildman–Crippen MR) is 130 cm³/mol. The molecule has 0 fully saturated rings. The monoisotopic (exact) mass is 459 g/mol. The molecule has 3 aromatic carbocycles. The van der Waals surface area contributed by atoms with Crippen molar-refractivity contribution >= 4 is 33.9 Å². The van der Waals surface area contributed by atoms with Crippen LogP contribution < -0.4 is 5.32 Å². The Bertz CT molecular complexity index is 1600. The summed E-state index contributed by atoms with van der Waals surface area (Å²) in [4.78, 5) is 17.4. The number of pyridine rings is 1. The number of azo groups is 1. The first-order valence-corrected chi connectivity index (χ1v) is 10.6. The van der Waals surface area contributed by atoms with Crippen LogP contribution in [0.1, 0.15) is 15.9 Å². The number of para-hydroxylation sites is 1. The summed E-state index contributed by atoms with van der Waals surface area (Å²) in [5.41, 5.74) is 0.909. The Morgan fingerprint density at radius 1 is 1.00 bits per heavy atom. The van der Waals surface area contributed by atoms with E-state index in [0.717, 1.165) is 0 Å². The average Bonchev–Trinajstić information content (AvgIpc) is 3.31. The van der Waals surface area contributed by atoms with E-state index < -0.39 is 5.91 Å². The SMILES string of the molecule is N#Cc1cnn(-c2ccccn2)c1/N=N/c1cc2ccccc2c(C(=O)Nc2ccccc2)c1O. The van der Waals surface area contributed by atoms with Crippen molar-refractivity contribution in [3.05, 3.63) is 102 Å². The van der Waals surface area contributed by atoms with Crippen LogP contribution in [0.4, 0.5) is 17.2 Å². The minimum absolute atomic E-state index is 0.0690. The first-order chi connectivity index (χ1) is 17.2. The van der Waals surface area contributed by atoms with Crippen LogP contribution >= 0.6 is 0 Å². The standard InChI is InChI=1S/C26H17N7O2/c27-15-18-16-29-33(22-12-6-7-13-28-22)25(18)32-31-21-14-17-8-4-5-11-20(17)23(24(21)34)26(35)30-19-9-2-1-3-10-19/h1-14,16,34H,(H,30,35)/b32-31+. The molecule has 0 radical (unpaired) electrons. The number of aromatic hydroxyl groups is 1. The van der Waals surface area contributed by atoms with Gasteiger partial charge in [0.25, 0.3) is 5.91 Å². The first kappa shape index (κ1) is 21.5. The lowest BCUT2D eigenvalue weighted by Gasteiger charge is -2.12. The highest BCUT2D eigenvalue weighted by molar-refractivity contribution is 6.16. The number of anilines is 1. The smallest absolute Gasteiger partial charge is 0.260 e. The van der Waals surface area contributed by atoms with E-state index >= 15 is 0 Å². The molecular weight excluding hydrogens is 442 g/mol. The number of benzene rings is 3. The van der Waals surface area contributed by atoms with Gasteiger partial charge in [-0.15, -0.1) is 10.2 Å². The van der Waals surface area contributed by atoms with Crippen LogP contribution in [0.2, 0.25) is 0 Å². The molecule has 0 atom stereocenters. The van der Waals surface area contributed by atoms with Crippen LogP contribution in [0, 0.1) is 11.3 Å². The summed E-state index contributed by atoms with van der Waals surface area (Å²) in [6.07, 6.45) is 2.96. The quantitative estimate of drug-likeness (QED) is 0.327. The summed E-state index contributed by atoms with van der Waals surface area (Å²) < 4.78 is 1.38. The topological polar surface area (TPSA) is 129 Å². The Labute approximate surface area is 199 Å². The third kappa shape index (κ3) is 4.19. The fourth-order valence-corrected chi connectivity index (χ4v) is 3.61. The van der Waals surface area contributed by atoms with Crippen molar-refractivity contribution in [2.45, 2.75) is 0 Å². The number of amides is 1. The second kappa shape index (κ2) is 9.25. The van der Waals surface area contributed by atoms with Crippen molar-refractivity contribution in [2.75, 3.05) is 5.32 Å². The molecule has 2 aromatic heterocycles. The summed E-state index contributed by atoms with van der Waals surface area (Å²) in [6, 6.07) is 25.0. The minimum atomic E-state index is -0.488. The lowest BCUT2D eigenvalue weighted by Crippen LogP contribution is -2.12. The molecule has 9 nitrogen and oxygen atoms in total. The number of rotatable bonds is 5. The third-order valence-corrected chi connectivity index (χ3v) is 5.24. The number of nitrogens with zero attached hydrogens (tertiary/aromatic N) is 6. The lowest BCUT2D eigenvalue weighted by atomic mass is 10.0. The number of fused-ring (bicyclic) bond motifs is 1. The number of carbonyl (C=O) groups is 1. The number of hydrogen-bond acceptors (Lipinski definition) is 7. The summed E-state index contributed by atoms with van der Waals surface area (Å²) in [5.74, 6) is -0.218. The van der Waals surface area contributed by atoms with Gasteiger partial charge >= 0.3 is 0 Å². The van der Waals surface area contributed by atoms with E-state index in [4.69, 9.17) is 0 Å². The predicted octanol–water partition coefficient (Wildman–Crippen LogP) is 5.67. The van der Waals surface area contributed by atoms with Crippen molar-refractivity contribution < 1.29 is 9.90 Å². The van der Waals surface area contributed by atoms with E-state index in [0.29, 0.717) is 22.3 Å². The number of phenols is 1. The molecule has 2 N–H and O–H groups in total. The highest BCUT2D eigenvalue weighted by atomic mass is 16.3. The maximum atomic E-state index is 13.2. The third-order valence-electron chi connectivity index (χ3n) is 5.24. The maximum absolute atomic E-state index is 13.2. The summed E-state index contributed by atoms with van der Waals surface area (Å²) in [6.45, 7) is 0. The molecule has 0 saturated heterocycles. The van der Waals surface area contributed by atoms with Gasteiger partial charge < -0.3 is 10.4 Å². The largest absolute Gasteiger partial charge is 0.505 e. The van der Waals surface area contributed by atoms with Gasteiger partial charge in [-0.2, -0.15) is 15.0 Å². The fraction of sp³-hybridized carbons (Fsp3) is 0. The van der Waals surface area contributed by atoms with Crippen LogP contribution in [0.5, 0.6) is 5.75 Å². The highest BCUT2D eigenvalue weighted by Gasteiger charge is 2.20. The van der Waals surface area contributed by atoms with Gasteiger partial charge in [-0.1, -0.05) is 48.5 Å². The molecule has 0 aliphatic rings. The van der Waals surface area contributed by atoms with Crippen molar-refractivity contribution in [3.63, 3.8) is 0 Å². The second-order valence-electron chi connectivity index (χ2n) is 7.45. The molecule has 5 aromatic rings. The van der Waals surface area contributed by atoms with Crippen molar-refractivity contribution in [3.8, 4) is 17.6 Å². The van der Waals surface area contributed by atoms with Gasteiger partial charge in [0.15, 0.2) is 17.4 Å². The van der Waals surface area contributed by atoms with Gasteiger partial charge in [0.2, 0.25) is 0 Å². The van der Waals surface area contributed by atoms with Gasteiger partial charge in [0.05, 0.1) is 11.8 Å². The van der Waals surface area contributed by atoms with Crippen LogP contribution in [0.15, 0.2) is 101 Å². The van der Waals surface area contributed by atoms with E-state index in [-0.39, 0.29) is 28.4 Å². The Balaban J connectivity index is 1.60. The number of nitriles is 1. The molecule has 0 unspecified atom stereocenters. The molecule has 5 rings (SSSR count). The first-order valence-electron chi connectivity index (χ1n) is 10.6. The van der Waals surface area contributed by atoms with Crippen LogP contribution in [-0.4, -0.2) is 25.8 Å². The van der Waals surface area contributed by atoms with Crippen LogP contribution in [-0.2, 0) is 0 Å². The Hall–Kier alpha value is -5.36. The Morgan fingerprint density at radius 3 is 2.54 bits per heavy atom. The number of carbonyl (C=O) groups excluding carboxylic acids is 1. The van der Waals surface area contributed by atoms with E-state index in [9.17, 15) is 15.2 Å². The van der Waals surface area contributed by atoms with Crippen LogP contribution in [0.25, 0.3) is 16.6 Å². The number of nitrogens with one attached hydrogen (secondary N) is 1. The normalized spacial score (nSPS) is 10.9. The second-order valence-corrected chi connectivity index (χ2v) is 7.45. The van der Waals surface area contributed by atoms with E-state index in [2.05, 4.69) is 25.6 Å². The molecule has 2 heterocycles. The van der Waals surface area contributed by atoms with Gasteiger partial charge in [0.1, 0.15) is 17.3 Å². The Kier molecular flexibility index (Phi) is 5.68. The van der Waals surface area contributed by atoms with Gasteiger partial charge in [-0.3, -0.25) is 4.79 Å². The zero-order chi connectivity index (χ0) is 24.2. The zero-order valence-corrected chi connectivity index (χ0v) is 18.2. The highest BCUT2D eigenvalue weighted by Crippen LogP contribution is 2.38. The minimum Gasteiger partial charge on any atom is -0.505 e. The molecule has 0 saturated carbocycles. The number of hydrogen-bond donors (Lipinski definition) is 2. The Morgan fingerprint density at radius 2 is 1.77 bits per heavy atom. The van der Waals surface area contributed by atoms with Crippen LogP contribution in [0.3, 0.4) is 0 Å². The van der Waals surface area contributed by atoms with Gasteiger partial charge in [-0.05, 0) is 41.1 Å². The van der Waals surface area contributed by atoms with E-state index in [1.54, 1.807) is 66.9 Å². The molecule has 0 aliphatic carbocycles. The summed E-state index contributed by atoms with van der Waals surface area (Å²) in [5, 5.41) is 37.2. The molecule has 35 heavy (non-hydrogen) atoms. The van der Waals surface area contributed by atoms with E-state index in [1.165, 1.54) is 10.9 Å². The molecule has 9 heteroatoms.